The van der Waals surface area contributed by atoms with Crippen molar-refractivity contribution < 1.29 is 24.6 Å². The van der Waals surface area contributed by atoms with Crippen LogP contribution in [0.2, 0.25) is 0 Å². The third-order valence-corrected chi connectivity index (χ3v) is 3.91. The Balaban J connectivity index is 2.35. The largest absolute Gasteiger partial charge is 0.481 e. The Morgan fingerprint density at radius 2 is 1.77 bits per heavy atom. The van der Waals surface area contributed by atoms with Gasteiger partial charge in [0.15, 0.2) is 0 Å². The first kappa shape index (κ1) is 18.0. The predicted octanol–water partition coefficient (Wildman–Crippen LogP) is 1.91. The van der Waals surface area contributed by atoms with Crippen molar-refractivity contribution in [1.82, 2.24) is 5.32 Å². The lowest BCUT2D eigenvalue weighted by Crippen LogP contribution is -2.41. The molecule has 1 atom stereocenters. The Morgan fingerprint density at radius 1 is 1.14 bits per heavy atom. The van der Waals surface area contributed by atoms with Crippen LogP contribution in [-0.2, 0) is 14.4 Å². The lowest BCUT2D eigenvalue weighted by molar-refractivity contribution is -0.143. The fourth-order valence-electron chi connectivity index (χ4n) is 1.69. The molecular formula is C15H19NO5S. The number of carboxylic acids is 2. The van der Waals surface area contributed by atoms with E-state index in [1.54, 1.807) is 0 Å². The number of carboxylic acid groups (broad SMARTS) is 2. The Bertz CT molecular complexity index is 529. The number of hydrogen-bond acceptors (Lipinski definition) is 4. The smallest absolute Gasteiger partial charge is 0.326 e. The summed E-state index contributed by atoms with van der Waals surface area (Å²) in [6.45, 7) is 1.99. The molecule has 1 aromatic rings. The predicted molar refractivity (Wildman–Crippen MR) is 83.0 cm³/mol. The molecule has 0 spiro atoms. The molecular weight excluding hydrogens is 306 g/mol. The van der Waals surface area contributed by atoms with E-state index in [0.29, 0.717) is 5.75 Å². The minimum Gasteiger partial charge on any atom is -0.481 e. The minimum absolute atomic E-state index is 0.124. The van der Waals surface area contributed by atoms with Gasteiger partial charge in [0.05, 0.1) is 0 Å². The van der Waals surface area contributed by atoms with E-state index in [2.05, 4.69) is 5.32 Å². The molecule has 3 N–H and O–H groups in total. The summed E-state index contributed by atoms with van der Waals surface area (Å²) in [5.74, 6) is -2.17. The summed E-state index contributed by atoms with van der Waals surface area (Å²) < 4.78 is 0. The average molecular weight is 325 g/mol. The van der Waals surface area contributed by atoms with E-state index in [-0.39, 0.29) is 19.3 Å². The lowest BCUT2D eigenvalue weighted by atomic mass is 10.1. The fourth-order valence-corrected chi connectivity index (χ4v) is 2.54. The quantitative estimate of drug-likeness (QED) is 0.599. The van der Waals surface area contributed by atoms with Gasteiger partial charge in [-0.05, 0) is 25.5 Å². The van der Waals surface area contributed by atoms with Crippen molar-refractivity contribution >= 4 is 29.6 Å². The number of hydrogen-bond donors (Lipinski definition) is 3. The van der Waals surface area contributed by atoms with Crippen LogP contribution in [0.4, 0.5) is 0 Å². The van der Waals surface area contributed by atoms with Crippen molar-refractivity contribution in [2.24, 2.45) is 0 Å². The number of carbonyl (C=O) groups excluding carboxylic acids is 1. The Hall–Kier alpha value is -2.02. The zero-order valence-corrected chi connectivity index (χ0v) is 13.1. The molecule has 0 radical (unpaired) electrons. The first-order valence-electron chi connectivity index (χ1n) is 6.82. The van der Waals surface area contributed by atoms with Gasteiger partial charge in [0, 0.05) is 23.5 Å². The van der Waals surface area contributed by atoms with Gasteiger partial charge in [-0.1, -0.05) is 17.7 Å². The number of carbonyl (C=O) groups is 3. The van der Waals surface area contributed by atoms with Crippen molar-refractivity contribution in [2.75, 3.05) is 5.75 Å². The highest BCUT2D eigenvalue weighted by Crippen LogP contribution is 2.18. The van der Waals surface area contributed by atoms with Crippen LogP contribution in [0.5, 0.6) is 0 Å². The molecule has 0 fully saturated rings. The number of aliphatic carboxylic acids is 2. The van der Waals surface area contributed by atoms with Crippen LogP contribution >= 0.6 is 11.8 Å². The van der Waals surface area contributed by atoms with Gasteiger partial charge >= 0.3 is 11.9 Å². The second-order valence-electron chi connectivity index (χ2n) is 4.80. The van der Waals surface area contributed by atoms with Crippen LogP contribution in [-0.4, -0.2) is 39.9 Å². The first-order chi connectivity index (χ1) is 10.4. The maximum Gasteiger partial charge on any atom is 0.326 e. The minimum atomic E-state index is -1.22. The molecule has 1 rings (SSSR count). The number of nitrogens with one attached hydrogen (secondary N) is 1. The highest BCUT2D eigenvalue weighted by molar-refractivity contribution is 7.99. The Morgan fingerprint density at radius 3 is 2.32 bits per heavy atom. The van der Waals surface area contributed by atoms with E-state index < -0.39 is 23.9 Å². The third-order valence-electron chi connectivity index (χ3n) is 2.90. The molecule has 0 saturated carbocycles. The normalized spacial score (nSPS) is 11.7. The topological polar surface area (TPSA) is 104 Å². The second-order valence-corrected chi connectivity index (χ2v) is 5.97. The van der Waals surface area contributed by atoms with Crippen molar-refractivity contribution in [2.45, 2.75) is 37.1 Å². The van der Waals surface area contributed by atoms with Crippen LogP contribution in [0.15, 0.2) is 29.2 Å². The zero-order chi connectivity index (χ0) is 16.5. The van der Waals surface area contributed by atoms with E-state index in [1.165, 1.54) is 11.8 Å². The number of benzene rings is 1. The molecule has 0 unspecified atom stereocenters. The second kappa shape index (κ2) is 9.09. The summed E-state index contributed by atoms with van der Waals surface area (Å²) in [6, 6.07) is 6.73. The van der Waals surface area contributed by atoms with Crippen LogP contribution < -0.4 is 5.32 Å². The highest BCUT2D eigenvalue weighted by Gasteiger charge is 2.20. The highest BCUT2D eigenvalue weighted by atomic mass is 32.2. The molecule has 1 amide bonds. The Labute approximate surface area is 132 Å². The fraction of sp³-hybridized carbons (Fsp3) is 0.400. The molecule has 0 bridgehead atoms. The number of thioether (sulfide) groups is 1. The maximum absolute atomic E-state index is 11.7. The molecule has 0 aliphatic rings. The zero-order valence-electron chi connectivity index (χ0n) is 12.2. The van der Waals surface area contributed by atoms with E-state index >= 15 is 0 Å². The summed E-state index contributed by atoms with van der Waals surface area (Å²) in [7, 11) is 0. The van der Waals surface area contributed by atoms with E-state index in [4.69, 9.17) is 10.2 Å². The summed E-state index contributed by atoms with van der Waals surface area (Å²) in [5.41, 5.74) is 1.16. The van der Waals surface area contributed by atoms with Gasteiger partial charge in [0.25, 0.3) is 0 Å². The van der Waals surface area contributed by atoms with Crippen molar-refractivity contribution in [3.63, 3.8) is 0 Å². The van der Waals surface area contributed by atoms with E-state index in [0.717, 1.165) is 10.5 Å². The number of rotatable bonds is 9. The molecule has 0 aliphatic heterocycles. The van der Waals surface area contributed by atoms with Gasteiger partial charge in [-0.15, -0.1) is 11.8 Å². The van der Waals surface area contributed by atoms with Gasteiger partial charge in [-0.2, -0.15) is 0 Å². The lowest BCUT2D eigenvalue weighted by Gasteiger charge is -2.13. The monoisotopic (exact) mass is 325 g/mol. The van der Waals surface area contributed by atoms with Crippen molar-refractivity contribution in [1.29, 1.82) is 0 Å². The summed E-state index contributed by atoms with van der Waals surface area (Å²) in [6.07, 6.45) is -0.244. The van der Waals surface area contributed by atoms with Gasteiger partial charge in [-0.3, -0.25) is 9.59 Å². The molecule has 0 saturated heterocycles. The summed E-state index contributed by atoms with van der Waals surface area (Å²) >= 11 is 1.51. The molecule has 1 aromatic carbocycles. The van der Waals surface area contributed by atoms with Crippen molar-refractivity contribution in [3.8, 4) is 0 Å². The summed E-state index contributed by atoms with van der Waals surface area (Å²) in [4.78, 5) is 34.2. The van der Waals surface area contributed by atoms with E-state index in [9.17, 15) is 14.4 Å². The molecule has 0 aliphatic carbocycles. The summed E-state index contributed by atoms with van der Waals surface area (Å²) in [5, 5.41) is 19.9. The van der Waals surface area contributed by atoms with Crippen molar-refractivity contribution in [3.05, 3.63) is 29.8 Å². The molecule has 22 heavy (non-hydrogen) atoms. The maximum atomic E-state index is 11.7. The van der Waals surface area contributed by atoms with Crippen LogP contribution in [0.1, 0.15) is 24.8 Å². The van der Waals surface area contributed by atoms with Gasteiger partial charge in [0.1, 0.15) is 6.04 Å². The SMILES string of the molecule is Cc1ccc(SCCC(=O)N[C@@H](CCC(=O)O)C(=O)O)cc1. The van der Waals surface area contributed by atoms with Crippen LogP contribution in [0, 0.1) is 6.92 Å². The number of aryl methyl sites for hydroxylation is 1. The van der Waals surface area contributed by atoms with E-state index in [1.807, 2.05) is 31.2 Å². The van der Waals surface area contributed by atoms with Crippen LogP contribution in [0.3, 0.4) is 0 Å². The molecule has 6 nitrogen and oxygen atoms in total. The molecule has 0 heterocycles. The third kappa shape index (κ3) is 7.12. The molecule has 120 valence electrons. The van der Waals surface area contributed by atoms with Crippen LogP contribution in [0.25, 0.3) is 0 Å². The van der Waals surface area contributed by atoms with Gasteiger partial charge in [-0.25, -0.2) is 4.79 Å². The Kier molecular flexibility index (Phi) is 7.45. The molecule has 0 aromatic heterocycles. The first-order valence-corrected chi connectivity index (χ1v) is 7.80. The average Bonchev–Trinajstić information content (AvgIpc) is 2.45. The van der Waals surface area contributed by atoms with Gasteiger partial charge in [0.2, 0.25) is 5.91 Å². The number of amides is 1. The van der Waals surface area contributed by atoms with Gasteiger partial charge < -0.3 is 15.5 Å². The molecule has 7 heteroatoms. The standard InChI is InChI=1S/C15H19NO5S/c1-10-2-4-11(5-3-10)22-9-8-13(17)16-12(15(20)21)6-7-14(18)19/h2-5,12H,6-9H2,1H3,(H,16,17)(H,18,19)(H,20,21)/t12-/m0/s1.